The first-order valence-corrected chi connectivity index (χ1v) is 7.72. The predicted octanol–water partition coefficient (Wildman–Crippen LogP) is 2.12. The van der Waals surface area contributed by atoms with Gasteiger partial charge in [0.1, 0.15) is 5.57 Å². The molecule has 1 saturated heterocycles. The van der Waals surface area contributed by atoms with Crippen LogP contribution in [0.3, 0.4) is 0 Å². The van der Waals surface area contributed by atoms with Crippen LogP contribution < -0.4 is 20.1 Å². The van der Waals surface area contributed by atoms with E-state index in [0.717, 1.165) is 11.1 Å². The minimum absolute atomic E-state index is 0.122. The van der Waals surface area contributed by atoms with Crippen molar-refractivity contribution >= 4 is 23.9 Å². The first-order valence-electron chi connectivity index (χ1n) is 7.72. The molecule has 132 valence electrons. The summed E-state index contributed by atoms with van der Waals surface area (Å²) in [6.45, 7) is 0. The Morgan fingerprint density at radius 1 is 0.769 bits per heavy atom. The lowest BCUT2D eigenvalue weighted by atomic mass is 10.0. The summed E-state index contributed by atoms with van der Waals surface area (Å²) in [5.41, 5.74) is 2.40. The van der Waals surface area contributed by atoms with E-state index in [1.807, 2.05) is 41.0 Å². The minimum Gasteiger partial charge on any atom is -0.493 e. The zero-order valence-electron chi connectivity index (χ0n) is 14.2. The van der Waals surface area contributed by atoms with Crippen molar-refractivity contribution in [1.29, 1.82) is 0 Å². The lowest BCUT2D eigenvalue weighted by Gasteiger charge is -2.14. The second-order valence-corrected chi connectivity index (χ2v) is 5.49. The summed E-state index contributed by atoms with van der Waals surface area (Å²) in [7, 11) is 3.15. The molecule has 0 spiro atoms. The topological polar surface area (TPSA) is 93.7 Å². The molecule has 2 aromatic rings. The molecule has 26 heavy (non-hydrogen) atoms. The Balaban J connectivity index is 1.87. The van der Waals surface area contributed by atoms with Crippen LogP contribution in [0.25, 0.3) is 17.2 Å². The van der Waals surface area contributed by atoms with Gasteiger partial charge in [-0.1, -0.05) is 30.3 Å². The van der Waals surface area contributed by atoms with Gasteiger partial charge in [-0.15, -0.1) is 0 Å². The van der Waals surface area contributed by atoms with Crippen LogP contribution in [0, 0.1) is 0 Å². The Morgan fingerprint density at radius 2 is 1.35 bits per heavy atom. The number of imide groups is 2. The number of benzene rings is 2. The maximum absolute atomic E-state index is 11.8. The fourth-order valence-corrected chi connectivity index (χ4v) is 2.56. The monoisotopic (exact) mass is 352 g/mol. The van der Waals surface area contributed by atoms with Crippen LogP contribution in [0.15, 0.2) is 48.0 Å². The average molecular weight is 352 g/mol. The maximum atomic E-state index is 11.8. The molecule has 0 atom stereocenters. The van der Waals surface area contributed by atoms with E-state index in [9.17, 15) is 14.4 Å². The maximum Gasteiger partial charge on any atom is 0.328 e. The fraction of sp³-hybridized carbons (Fsp3) is 0.105. The molecular weight excluding hydrogens is 336 g/mol. The van der Waals surface area contributed by atoms with E-state index in [1.54, 1.807) is 26.4 Å². The molecule has 7 nitrogen and oxygen atoms in total. The van der Waals surface area contributed by atoms with Crippen molar-refractivity contribution in [3.63, 3.8) is 0 Å². The molecule has 4 amide bonds. The smallest absolute Gasteiger partial charge is 0.328 e. The number of carbonyl (C=O) groups excluding carboxylic acids is 3. The highest BCUT2D eigenvalue weighted by Crippen LogP contribution is 2.32. The third kappa shape index (κ3) is 3.41. The van der Waals surface area contributed by atoms with Gasteiger partial charge >= 0.3 is 6.03 Å². The number of methoxy groups -OCH3 is 2. The molecule has 0 saturated carbocycles. The molecule has 0 unspecified atom stereocenters. The summed E-state index contributed by atoms with van der Waals surface area (Å²) in [5, 5.41) is 4.07. The number of hydrogen-bond donors (Lipinski definition) is 2. The quantitative estimate of drug-likeness (QED) is 0.649. The molecule has 0 radical (unpaired) electrons. The molecule has 1 fully saturated rings. The van der Waals surface area contributed by atoms with Gasteiger partial charge in [-0.3, -0.25) is 20.2 Å². The second-order valence-electron chi connectivity index (χ2n) is 5.49. The lowest BCUT2D eigenvalue weighted by Crippen LogP contribution is -2.51. The van der Waals surface area contributed by atoms with E-state index in [-0.39, 0.29) is 5.57 Å². The first-order chi connectivity index (χ1) is 12.5. The molecule has 0 aliphatic carbocycles. The van der Waals surface area contributed by atoms with Crippen molar-refractivity contribution in [3.05, 3.63) is 53.6 Å². The number of rotatable bonds is 4. The molecule has 0 bridgehead atoms. The number of urea groups is 1. The average Bonchev–Trinajstić information content (AvgIpc) is 2.64. The summed E-state index contributed by atoms with van der Waals surface area (Å²) >= 11 is 0. The number of carbonyl (C=O) groups is 3. The number of hydrogen-bond acceptors (Lipinski definition) is 5. The minimum atomic E-state index is -0.819. The Hall–Kier alpha value is -3.61. The van der Waals surface area contributed by atoms with Crippen LogP contribution in [0.1, 0.15) is 5.56 Å². The SMILES string of the molecule is COc1ccc(-c2ccc(C=C3C(=O)NC(=O)NC3=O)cc2)cc1OC. The summed E-state index contributed by atoms with van der Waals surface area (Å²) in [6, 6.07) is 12.0. The van der Waals surface area contributed by atoms with Crippen LogP contribution in [-0.2, 0) is 9.59 Å². The summed E-state index contributed by atoms with van der Waals surface area (Å²) in [5.74, 6) is -0.177. The van der Waals surface area contributed by atoms with Crippen molar-refractivity contribution in [2.24, 2.45) is 0 Å². The van der Waals surface area contributed by atoms with E-state index in [4.69, 9.17) is 9.47 Å². The first kappa shape index (κ1) is 17.2. The van der Waals surface area contributed by atoms with Crippen LogP contribution in [0.2, 0.25) is 0 Å². The van der Waals surface area contributed by atoms with Crippen LogP contribution >= 0.6 is 0 Å². The van der Waals surface area contributed by atoms with Crippen LogP contribution in [-0.4, -0.2) is 32.1 Å². The summed E-state index contributed by atoms with van der Waals surface area (Å²) in [6.07, 6.45) is 1.43. The highest BCUT2D eigenvalue weighted by molar-refractivity contribution is 6.31. The standard InChI is InChI=1S/C19H16N2O5/c1-25-15-8-7-13(10-16(15)26-2)12-5-3-11(4-6-12)9-14-17(22)20-19(24)21-18(14)23/h3-10H,1-2H3,(H2,20,21,22,23,24). The van der Waals surface area contributed by atoms with Gasteiger partial charge in [0.05, 0.1) is 14.2 Å². The zero-order valence-corrected chi connectivity index (χ0v) is 14.2. The Bertz CT molecular complexity index is 894. The molecule has 2 aromatic carbocycles. The van der Waals surface area contributed by atoms with Gasteiger partial charge in [-0.2, -0.15) is 0 Å². The van der Waals surface area contributed by atoms with Crippen molar-refractivity contribution in [2.75, 3.05) is 14.2 Å². The Kier molecular flexibility index (Phi) is 4.70. The summed E-state index contributed by atoms with van der Waals surface area (Å²) < 4.78 is 10.5. The highest BCUT2D eigenvalue weighted by Gasteiger charge is 2.27. The Morgan fingerprint density at radius 3 is 1.92 bits per heavy atom. The molecule has 3 rings (SSSR count). The largest absolute Gasteiger partial charge is 0.493 e. The van der Waals surface area contributed by atoms with Gasteiger partial charge in [0.15, 0.2) is 11.5 Å². The van der Waals surface area contributed by atoms with E-state index in [0.29, 0.717) is 17.1 Å². The van der Waals surface area contributed by atoms with Crippen LogP contribution in [0.4, 0.5) is 4.79 Å². The lowest BCUT2D eigenvalue weighted by molar-refractivity contribution is -0.123. The van der Waals surface area contributed by atoms with Crippen molar-refractivity contribution in [1.82, 2.24) is 10.6 Å². The van der Waals surface area contributed by atoms with Crippen LogP contribution in [0.5, 0.6) is 11.5 Å². The molecule has 1 heterocycles. The molecule has 1 aliphatic heterocycles. The van der Waals surface area contributed by atoms with Gasteiger partial charge in [0.25, 0.3) is 11.8 Å². The molecule has 0 aromatic heterocycles. The Labute approximate surface area is 149 Å². The van der Waals surface area contributed by atoms with Gasteiger partial charge in [-0.25, -0.2) is 4.79 Å². The van der Waals surface area contributed by atoms with Gasteiger partial charge in [-0.05, 0) is 34.9 Å². The number of amides is 4. The molecule has 7 heteroatoms. The highest BCUT2D eigenvalue weighted by atomic mass is 16.5. The van der Waals surface area contributed by atoms with E-state index < -0.39 is 17.8 Å². The normalized spacial score (nSPS) is 13.8. The molecular formula is C19H16N2O5. The summed E-state index contributed by atoms with van der Waals surface area (Å²) in [4.78, 5) is 34.6. The third-order valence-electron chi connectivity index (χ3n) is 3.88. The van der Waals surface area contributed by atoms with Crippen molar-refractivity contribution in [2.45, 2.75) is 0 Å². The van der Waals surface area contributed by atoms with E-state index in [2.05, 4.69) is 0 Å². The van der Waals surface area contributed by atoms with E-state index >= 15 is 0 Å². The fourth-order valence-electron chi connectivity index (χ4n) is 2.56. The number of nitrogens with one attached hydrogen (secondary N) is 2. The van der Waals surface area contributed by atoms with Gasteiger partial charge in [0.2, 0.25) is 0 Å². The predicted molar refractivity (Wildman–Crippen MR) is 94.6 cm³/mol. The van der Waals surface area contributed by atoms with Gasteiger partial charge < -0.3 is 9.47 Å². The van der Waals surface area contributed by atoms with Gasteiger partial charge in [0, 0.05) is 0 Å². The molecule has 1 aliphatic rings. The third-order valence-corrected chi connectivity index (χ3v) is 3.88. The number of ether oxygens (including phenoxy) is 2. The van der Waals surface area contributed by atoms with Crippen molar-refractivity contribution < 1.29 is 23.9 Å². The molecule has 2 N–H and O–H groups in total. The number of barbiturate groups is 1. The second kappa shape index (κ2) is 7.10. The van der Waals surface area contributed by atoms with Crippen molar-refractivity contribution in [3.8, 4) is 22.6 Å². The zero-order chi connectivity index (χ0) is 18.7. The van der Waals surface area contributed by atoms with E-state index in [1.165, 1.54) is 6.08 Å².